The van der Waals surface area contributed by atoms with E-state index in [9.17, 15) is 41.4 Å². The molecule has 38 heavy (non-hydrogen) atoms. The quantitative estimate of drug-likeness (QED) is 0.215. The molecular weight excluding hydrogens is 539 g/mol. The van der Waals surface area contributed by atoms with E-state index in [4.69, 9.17) is 10.2 Å². The second kappa shape index (κ2) is 13.4. The van der Waals surface area contributed by atoms with Crippen LogP contribution in [0.5, 0.6) is 0 Å². The average molecular weight is 565 g/mol. The summed E-state index contributed by atoms with van der Waals surface area (Å²) in [7, 11) is 0. The molecule has 0 aliphatic heterocycles. The molecule has 3 atom stereocenters. The number of rotatable bonds is 13. The molecule has 0 saturated carbocycles. The number of ketones is 1. The highest BCUT2D eigenvalue weighted by Gasteiger charge is 2.31. The normalized spacial score (nSPS) is 13.9. The van der Waals surface area contributed by atoms with Gasteiger partial charge in [-0.3, -0.25) is 14.4 Å². The van der Waals surface area contributed by atoms with E-state index in [2.05, 4.69) is 27.8 Å². The van der Waals surface area contributed by atoms with Gasteiger partial charge >= 0.3 is 6.18 Å². The summed E-state index contributed by atoms with van der Waals surface area (Å²) in [6.07, 6.45) is -6.70. The van der Waals surface area contributed by atoms with Crippen LogP contribution in [0.2, 0.25) is 0 Å². The molecule has 2 amide bonds. The van der Waals surface area contributed by atoms with Gasteiger partial charge in [-0.2, -0.15) is 13.2 Å². The van der Waals surface area contributed by atoms with E-state index in [1.165, 1.54) is 6.92 Å². The topological polar surface area (TPSA) is 148 Å². The van der Waals surface area contributed by atoms with Crippen LogP contribution >= 0.6 is 12.2 Å². The van der Waals surface area contributed by atoms with E-state index in [-0.39, 0.29) is 24.3 Å². The van der Waals surface area contributed by atoms with Crippen LogP contribution in [0.1, 0.15) is 49.6 Å². The molecule has 1 aromatic heterocycles. The maximum Gasteiger partial charge on any atom is 0.389 e. The van der Waals surface area contributed by atoms with Crippen molar-refractivity contribution in [1.29, 1.82) is 0 Å². The Kier molecular flexibility index (Phi) is 10.8. The minimum absolute atomic E-state index is 0.0167. The van der Waals surface area contributed by atoms with Crippen molar-refractivity contribution >= 4 is 34.8 Å². The Morgan fingerprint density at radius 2 is 1.82 bits per heavy atom. The molecule has 2 aromatic rings. The summed E-state index contributed by atoms with van der Waals surface area (Å²) in [4.78, 5) is 41.1. The summed E-state index contributed by atoms with van der Waals surface area (Å²) in [5.41, 5.74) is 5.08. The molecule has 0 aliphatic rings. The predicted octanol–water partition coefficient (Wildman–Crippen LogP) is 2.95. The fraction of sp³-hybridized carbons (Fsp3) is 0.435. The number of carbonyl (C=O) groups excluding carboxylic acids is 3. The molecule has 15 heteroatoms. The summed E-state index contributed by atoms with van der Waals surface area (Å²) in [6.45, 7) is 1.42. The van der Waals surface area contributed by atoms with Gasteiger partial charge < -0.3 is 25.9 Å². The number of nitrogens with two attached hydrogens (primary N) is 1. The first-order valence-electron chi connectivity index (χ1n) is 11.3. The average Bonchev–Trinajstić information content (AvgIpc) is 3.29. The number of oxazole rings is 1. The van der Waals surface area contributed by atoms with Crippen molar-refractivity contribution in [2.75, 3.05) is 0 Å². The highest BCUT2D eigenvalue weighted by atomic mass is 32.1. The van der Waals surface area contributed by atoms with Gasteiger partial charge in [0.1, 0.15) is 22.7 Å². The molecule has 0 aliphatic carbocycles. The van der Waals surface area contributed by atoms with E-state index in [0.29, 0.717) is 6.07 Å². The number of Topliss-reactive ketones (excluding diaryl/α,β-unsaturated/α-hetero) is 1. The zero-order valence-corrected chi connectivity index (χ0v) is 20.8. The highest BCUT2D eigenvalue weighted by Crippen LogP contribution is 2.24. The Morgan fingerprint density at radius 1 is 1.13 bits per heavy atom. The third-order valence-corrected chi connectivity index (χ3v) is 5.42. The monoisotopic (exact) mass is 564 g/mol. The third-order valence-electron chi connectivity index (χ3n) is 5.21. The van der Waals surface area contributed by atoms with Gasteiger partial charge in [0.2, 0.25) is 23.3 Å². The Morgan fingerprint density at radius 3 is 2.39 bits per heavy atom. The summed E-state index contributed by atoms with van der Waals surface area (Å²) < 4.78 is 70.0. The smallest absolute Gasteiger partial charge is 0.389 e. The molecule has 0 bridgehead atoms. The maximum atomic E-state index is 14.0. The van der Waals surface area contributed by atoms with Crippen LogP contribution in [0.25, 0.3) is 11.5 Å². The maximum absolute atomic E-state index is 14.0. The number of hydrogen-bond donors (Lipinski definition) is 4. The molecule has 2 rings (SSSR count). The largest absolute Gasteiger partial charge is 0.431 e. The number of carbonyl (C=O) groups is 3. The van der Waals surface area contributed by atoms with E-state index >= 15 is 0 Å². The number of alkyl halides is 3. The Balaban J connectivity index is 2.19. The lowest BCUT2D eigenvalue weighted by Crippen LogP contribution is -2.53. The molecule has 0 saturated heterocycles. The van der Waals surface area contributed by atoms with Crippen molar-refractivity contribution in [3.63, 3.8) is 0 Å². The zero-order chi connectivity index (χ0) is 28.6. The zero-order valence-electron chi connectivity index (χ0n) is 20.0. The van der Waals surface area contributed by atoms with Crippen LogP contribution in [0.4, 0.5) is 22.0 Å². The number of nitrogens with zero attached hydrogens (tertiary/aromatic N) is 1. The lowest BCUT2D eigenvalue weighted by atomic mass is 10.0. The van der Waals surface area contributed by atoms with Gasteiger partial charge in [0, 0.05) is 12.5 Å². The summed E-state index contributed by atoms with van der Waals surface area (Å²) in [5, 5.41) is 14.2. The van der Waals surface area contributed by atoms with Crippen molar-refractivity contribution in [2.24, 2.45) is 5.73 Å². The first-order chi connectivity index (χ1) is 17.7. The van der Waals surface area contributed by atoms with Crippen LogP contribution in [-0.4, -0.2) is 57.0 Å². The second-order valence-corrected chi connectivity index (χ2v) is 8.84. The van der Waals surface area contributed by atoms with Crippen molar-refractivity contribution in [3.8, 4) is 11.5 Å². The van der Waals surface area contributed by atoms with Crippen LogP contribution in [0.15, 0.2) is 28.8 Å². The van der Waals surface area contributed by atoms with Gasteiger partial charge in [0.25, 0.3) is 5.91 Å². The fourth-order valence-electron chi connectivity index (χ4n) is 3.29. The molecule has 1 unspecified atom stereocenters. The van der Waals surface area contributed by atoms with Crippen LogP contribution in [0, 0.1) is 11.6 Å². The molecule has 0 fully saturated rings. The Hall–Kier alpha value is -3.46. The van der Waals surface area contributed by atoms with Gasteiger partial charge in [0.15, 0.2) is 0 Å². The van der Waals surface area contributed by atoms with Gasteiger partial charge in [-0.05, 0) is 44.7 Å². The third kappa shape index (κ3) is 9.45. The lowest BCUT2D eigenvalue weighted by molar-refractivity contribution is -0.136. The van der Waals surface area contributed by atoms with Gasteiger partial charge in [-0.1, -0.05) is 12.2 Å². The summed E-state index contributed by atoms with van der Waals surface area (Å²) in [5.74, 6) is -5.52. The number of thiocarbonyl (C=S) groups is 1. The summed E-state index contributed by atoms with van der Waals surface area (Å²) in [6, 6.07) is -0.258. The van der Waals surface area contributed by atoms with E-state index in [1.807, 2.05) is 0 Å². The number of aromatic nitrogens is 1. The highest BCUT2D eigenvalue weighted by molar-refractivity contribution is 7.82. The molecular formula is C23H25F5N4O5S. The number of hydrogen-bond acceptors (Lipinski definition) is 7. The number of aliphatic hydroxyl groups is 1. The van der Waals surface area contributed by atoms with E-state index < -0.39 is 83.6 Å². The lowest BCUT2D eigenvalue weighted by Gasteiger charge is -2.23. The first kappa shape index (κ1) is 30.8. The molecule has 0 radical (unpaired) electrons. The van der Waals surface area contributed by atoms with Gasteiger partial charge in [-0.25, -0.2) is 13.8 Å². The molecule has 208 valence electrons. The second-order valence-electron chi connectivity index (χ2n) is 8.40. The first-order valence-corrected chi connectivity index (χ1v) is 11.7. The predicted molar refractivity (Wildman–Crippen MR) is 128 cm³/mol. The SMILES string of the molecule is CC(O)CC[C@H](NC(=O)c1cnc(-c2ccc(F)cc2F)o1)C(=O)N[C@@H](CCCC(F)(F)F)C(=O)C(N)=S. The van der Waals surface area contributed by atoms with Crippen molar-refractivity contribution in [2.45, 2.75) is 63.4 Å². The van der Waals surface area contributed by atoms with Gasteiger partial charge in [0.05, 0.1) is 23.9 Å². The summed E-state index contributed by atoms with van der Waals surface area (Å²) >= 11 is 4.60. The number of benzene rings is 1. The molecule has 9 nitrogen and oxygen atoms in total. The Labute approximate surface area is 219 Å². The molecule has 1 heterocycles. The number of nitrogens with one attached hydrogen (secondary N) is 2. The van der Waals surface area contributed by atoms with Crippen LogP contribution < -0.4 is 16.4 Å². The molecule has 1 aromatic carbocycles. The van der Waals surface area contributed by atoms with E-state index in [1.54, 1.807) is 0 Å². The number of halogens is 5. The van der Waals surface area contributed by atoms with Gasteiger partial charge in [-0.15, -0.1) is 0 Å². The minimum Gasteiger partial charge on any atom is -0.431 e. The van der Waals surface area contributed by atoms with Crippen LogP contribution in [-0.2, 0) is 9.59 Å². The van der Waals surface area contributed by atoms with Crippen molar-refractivity contribution < 1.29 is 45.9 Å². The fourth-order valence-corrected chi connectivity index (χ4v) is 3.43. The standard InChI is InChI=1S/C23H25F5N4O5S/c1-11(33)4-7-16(20(35)31-15(18(34)19(29)38)3-2-8-23(26,27)28)32-21(36)17-10-30-22(37-17)13-6-5-12(24)9-14(13)25/h5-6,9-11,15-16,33H,2-4,7-8H2,1H3,(H2,29,38)(H,31,35)(H,32,36)/t11?,15-,16-/m0/s1. The van der Waals surface area contributed by atoms with Crippen molar-refractivity contribution in [3.05, 3.63) is 41.8 Å². The van der Waals surface area contributed by atoms with Crippen LogP contribution in [0.3, 0.4) is 0 Å². The molecule has 0 spiro atoms. The van der Waals surface area contributed by atoms with Crippen molar-refractivity contribution in [1.82, 2.24) is 15.6 Å². The Bertz CT molecular complexity index is 1170. The number of aliphatic hydroxyl groups excluding tert-OH is 1. The number of amides is 2. The minimum atomic E-state index is -4.48. The van der Waals surface area contributed by atoms with E-state index in [0.717, 1.165) is 18.3 Å². The molecule has 5 N–H and O–H groups in total.